The maximum absolute atomic E-state index is 12.4. The average Bonchev–Trinajstić information content (AvgIpc) is 2.88. The number of hydrogen-bond acceptors (Lipinski definition) is 6. The molecule has 1 heterocycles. The van der Waals surface area contributed by atoms with Gasteiger partial charge in [0.25, 0.3) is 0 Å². The molecule has 8 heteroatoms. The number of esters is 1. The first-order valence-corrected chi connectivity index (χ1v) is 8.44. The highest BCUT2D eigenvalue weighted by Crippen LogP contribution is 2.32. The number of carbonyl (C=O) groups is 3. The van der Waals surface area contributed by atoms with E-state index in [-0.39, 0.29) is 12.5 Å². The van der Waals surface area contributed by atoms with Crippen LogP contribution >= 0.6 is 11.3 Å². The number of amides is 1. The van der Waals surface area contributed by atoms with Crippen molar-refractivity contribution in [3.05, 3.63) is 10.6 Å². The van der Waals surface area contributed by atoms with Crippen molar-refractivity contribution >= 4 is 34.3 Å². The van der Waals surface area contributed by atoms with Crippen LogP contribution in [-0.2, 0) is 14.3 Å². The minimum atomic E-state index is -0.938. The van der Waals surface area contributed by atoms with Crippen molar-refractivity contribution in [1.82, 2.24) is 4.98 Å². The number of ether oxygens (including phenoxy) is 1. The second kappa shape index (κ2) is 7.54. The SMILES string of the molecule is CCOC(=O)c1sc(NC(=O)C2CCCCC2C(=O)O)nc1C. The zero-order chi connectivity index (χ0) is 17.0. The minimum absolute atomic E-state index is 0.264. The Kier molecular flexibility index (Phi) is 5.70. The molecule has 7 nitrogen and oxygen atoms in total. The maximum Gasteiger partial charge on any atom is 0.350 e. The Morgan fingerprint density at radius 1 is 1.30 bits per heavy atom. The summed E-state index contributed by atoms with van der Waals surface area (Å²) in [4.78, 5) is 39.9. The molecule has 0 bridgehead atoms. The van der Waals surface area contributed by atoms with E-state index in [2.05, 4.69) is 10.3 Å². The van der Waals surface area contributed by atoms with Crippen molar-refractivity contribution in [2.75, 3.05) is 11.9 Å². The molecular weight excluding hydrogens is 320 g/mol. The number of carboxylic acid groups (broad SMARTS) is 1. The van der Waals surface area contributed by atoms with Crippen molar-refractivity contribution < 1.29 is 24.2 Å². The van der Waals surface area contributed by atoms with Crippen LogP contribution in [0.1, 0.15) is 48.0 Å². The minimum Gasteiger partial charge on any atom is -0.481 e. The first-order valence-electron chi connectivity index (χ1n) is 7.62. The van der Waals surface area contributed by atoms with E-state index in [9.17, 15) is 19.5 Å². The second-order valence-electron chi connectivity index (χ2n) is 5.48. The lowest BCUT2D eigenvalue weighted by Crippen LogP contribution is -2.36. The number of nitrogens with zero attached hydrogens (tertiary/aromatic N) is 1. The van der Waals surface area contributed by atoms with Gasteiger partial charge < -0.3 is 15.2 Å². The Bertz CT molecular complexity index is 613. The van der Waals surface area contributed by atoms with E-state index >= 15 is 0 Å². The van der Waals surface area contributed by atoms with Crippen LogP contribution in [0.5, 0.6) is 0 Å². The molecule has 0 aliphatic heterocycles. The molecule has 2 atom stereocenters. The van der Waals surface area contributed by atoms with Gasteiger partial charge in [-0.15, -0.1) is 0 Å². The molecule has 2 N–H and O–H groups in total. The van der Waals surface area contributed by atoms with E-state index in [1.807, 2.05) is 0 Å². The predicted octanol–water partition coefficient (Wildman–Crippen LogP) is 2.46. The molecule has 1 aromatic heterocycles. The van der Waals surface area contributed by atoms with E-state index in [1.54, 1.807) is 13.8 Å². The fourth-order valence-corrected chi connectivity index (χ4v) is 3.64. The van der Waals surface area contributed by atoms with Crippen LogP contribution in [0.25, 0.3) is 0 Å². The zero-order valence-corrected chi connectivity index (χ0v) is 13.9. The number of anilines is 1. The number of rotatable bonds is 5. The monoisotopic (exact) mass is 340 g/mol. The molecule has 0 saturated heterocycles. The third kappa shape index (κ3) is 4.07. The standard InChI is InChI=1S/C15H20N2O5S/c1-3-22-14(21)11-8(2)16-15(23-11)17-12(18)9-6-4-5-7-10(9)13(19)20/h9-10H,3-7H2,1-2H3,(H,19,20)(H,16,17,18). The number of aryl methyl sites for hydroxylation is 1. The number of thiazole rings is 1. The van der Waals surface area contributed by atoms with Gasteiger partial charge in [-0.3, -0.25) is 9.59 Å². The molecule has 0 aromatic carbocycles. The Hall–Kier alpha value is -1.96. The van der Waals surface area contributed by atoms with Gasteiger partial charge in [-0.25, -0.2) is 9.78 Å². The molecule has 2 rings (SSSR count). The quantitative estimate of drug-likeness (QED) is 0.798. The van der Waals surface area contributed by atoms with Crippen LogP contribution in [0.15, 0.2) is 0 Å². The van der Waals surface area contributed by atoms with Gasteiger partial charge in [-0.1, -0.05) is 24.2 Å². The number of carboxylic acids is 1. The Morgan fingerprint density at radius 2 is 1.96 bits per heavy atom. The van der Waals surface area contributed by atoms with Crippen molar-refractivity contribution in [3.8, 4) is 0 Å². The summed E-state index contributed by atoms with van der Waals surface area (Å²) in [6.07, 6.45) is 2.73. The fraction of sp³-hybridized carbons (Fsp3) is 0.600. The van der Waals surface area contributed by atoms with Gasteiger partial charge in [0.15, 0.2) is 5.13 Å². The Balaban J connectivity index is 2.09. The molecule has 1 aromatic rings. The molecule has 126 valence electrons. The number of nitrogens with one attached hydrogen (secondary N) is 1. The molecule has 2 unspecified atom stereocenters. The van der Waals surface area contributed by atoms with Crippen LogP contribution in [-0.4, -0.2) is 34.5 Å². The number of aromatic nitrogens is 1. The smallest absolute Gasteiger partial charge is 0.350 e. The average molecular weight is 340 g/mol. The summed E-state index contributed by atoms with van der Waals surface area (Å²) in [5.41, 5.74) is 0.488. The van der Waals surface area contributed by atoms with Crippen molar-refractivity contribution in [2.45, 2.75) is 39.5 Å². The van der Waals surface area contributed by atoms with Gasteiger partial charge in [0.1, 0.15) is 4.88 Å². The van der Waals surface area contributed by atoms with E-state index in [0.717, 1.165) is 24.2 Å². The molecule has 0 radical (unpaired) electrons. The summed E-state index contributed by atoms with van der Waals surface area (Å²) in [7, 11) is 0. The van der Waals surface area contributed by atoms with E-state index in [0.29, 0.717) is 28.5 Å². The third-order valence-corrected chi connectivity index (χ3v) is 4.96. The maximum atomic E-state index is 12.4. The third-order valence-electron chi connectivity index (χ3n) is 3.91. The van der Waals surface area contributed by atoms with E-state index in [4.69, 9.17) is 4.74 Å². The summed E-state index contributed by atoms with van der Waals surface area (Å²) < 4.78 is 4.93. The van der Waals surface area contributed by atoms with Crippen LogP contribution in [0.4, 0.5) is 5.13 Å². The van der Waals surface area contributed by atoms with Gasteiger partial charge >= 0.3 is 11.9 Å². The lowest BCUT2D eigenvalue weighted by atomic mass is 9.79. The number of hydrogen-bond donors (Lipinski definition) is 2. The highest BCUT2D eigenvalue weighted by molar-refractivity contribution is 7.17. The lowest BCUT2D eigenvalue weighted by Gasteiger charge is -2.26. The molecule has 0 spiro atoms. The predicted molar refractivity (Wildman–Crippen MR) is 84.5 cm³/mol. The number of aliphatic carboxylic acids is 1. The molecule has 23 heavy (non-hydrogen) atoms. The van der Waals surface area contributed by atoms with E-state index in [1.165, 1.54) is 0 Å². The molecule has 1 amide bonds. The first kappa shape index (κ1) is 17.4. The van der Waals surface area contributed by atoms with Crippen LogP contribution in [0.2, 0.25) is 0 Å². The normalized spacial score (nSPS) is 20.8. The summed E-state index contributed by atoms with van der Waals surface area (Å²) in [5.74, 6) is -2.97. The van der Waals surface area contributed by atoms with Crippen LogP contribution in [0, 0.1) is 18.8 Å². The van der Waals surface area contributed by atoms with Gasteiger partial charge in [0.05, 0.1) is 24.1 Å². The summed E-state index contributed by atoms with van der Waals surface area (Å²) in [5, 5.41) is 12.2. The highest BCUT2D eigenvalue weighted by Gasteiger charge is 2.36. The summed E-state index contributed by atoms with van der Waals surface area (Å²) in [6.45, 7) is 3.64. The number of carbonyl (C=O) groups excluding carboxylic acids is 2. The zero-order valence-electron chi connectivity index (χ0n) is 13.1. The van der Waals surface area contributed by atoms with Gasteiger partial charge in [0.2, 0.25) is 5.91 Å². The topological polar surface area (TPSA) is 106 Å². The Morgan fingerprint density at radius 3 is 2.57 bits per heavy atom. The first-order chi connectivity index (χ1) is 10.9. The van der Waals surface area contributed by atoms with Gasteiger partial charge in [0, 0.05) is 0 Å². The Labute approximate surface area is 138 Å². The molecule has 1 fully saturated rings. The lowest BCUT2D eigenvalue weighted by molar-refractivity contribution is -0.147. The molecule has 1 aliphatic carbocycles. The summed E-state index contributed by atoms with van der Waals surface area (Å²) in [6, 6.07) is 0. The van der Waals surface area contributed by atoms with Crippen molar-refractivity contribution in [3.63, 3.8) is 0 Å². The van der Waals surface area contributed by atoms with Gasteiger partial charge in [-0.2, -0.15) is 0 Å². The summed E-state index contributed by atoms with van der Waals surface area (Å²) >= 11 is 1.04. The van der Waals surface area contributed by atoms with Crippen LogP contribution < -0.4 is 5.32 Å². The van der Waals surface area contributed by atoms with Crippen molar-refractivity contribution in [1.29, 1.82) is 0 Å². The molecular formula is C15H20N2O5S. The van der Waals surface area contributed by atoms with Crippen LogP contribution in [0.3, 0.4) is 0 Å². The highest BCUT2D eigenvalue weighted by atomic mass is 32.1. The molecule has 1 saturated carbocycles. The fourth-order valence-electron chi connectivity index (χ4n) is 2.77. The van der Waals surface area contributed by atoms with Crippen molar-refractivity contribution in [2.24, 2.45) is 11.8 Å². The largest absolute Gasteiger partial charge is 0.481 e. The van der Waals surface area contributed by atoms with Gasteiger partial charge in [-0.05, 0) is 26.7 Å². The second-order valence-corrected chi connectivity index (χ2v) is 6.48. The molecule has 1 aliphatic rings. The van der Waals surface area contributed by atoms with E-state index < -0.39 is 23.8 Å².